The lowest BCUT2D eigenvalue weighted by Crippen LogP contribution is -2.24. The van der Waals surface area contributed by atoms with Crippen molar-refractivity contribution in [3.05, 3.63) is 23.8 Å². The number of carbonyl (C=O) groups excluding carboxylic acids is 1. The molecule has 2 atom stereocenters. The van der Waals surface area contributed by atoms with Crippen LogP contribution in [-0.4, -0.2) is 23.8 Å². The highest BCUT2D eigenvalue weighted by atomic mass is 16.7. The fraction of sp³-hybridized carbons (Fsp3) is 0.333. The maximum atomic E-state index is 11.3. The zero-order chi connectivity index (χ0) is 12.7. The second-order valence-corrected chi connectivity index (χ2v) is 4.31. The van der Waals surface area contributed by atoms with Gasteiger partial charge in [-0.1, -0.05) is 6.07 Å². The van der Waals surface area contributed by atoms with E-state index in [1.807, 2.05) is 0 Å². The summed E-state index contributed by atoms with van der Waals surface area (Å²) in [5, 5.41) is 11.8. The molecule has 2 heterocycles. The predicted octanol–water partition coefficient (Wildman–Crippen LogP) is 0.677. The minimum absolute atomic E-state index is 0.00837. The van der Waals surface area contributed by atoms with Crippen LogP contribution in [0.25, 0.3) is 0 Å². The van der Waals surface area contributed by atoms with Crippen LogP contribution in [0.15, 0.2) is 18.2 Å². The van der Waals surface area contributed by atoms with Crippen molar-refractivity contribution in [3.8, 4) is 11.5 Å². The number of amides is 1. The second kappa shape index (κ2) is 3.90. The van der Waals surface area contributed by atoms with Gasteiger partial charge in [0.2, 0.25) is 12.7 Å². The largest absolute Gasteiger partial charge is 0.481 e. The molecule has 2 N–H and O–H groups in total. The molecule has 1 amide bonds. The van der Waals surface area contributed by atoms with Crippen LogP contribution in [-0.2, 0) is 9.59 Å². The summed E-state index contributed by atoms with van der Waals surface area (Å²) in [7, 11) is 0. The first-order chi connectivity index (χ1) is 8.65. The summed E-state index contributed by atoms with van der Waals surface area (Å²) < 4.78 is 10.4. The average Bonchev–Trinajstić information content (AvgIpc) is 2.93. The zero-order valence-electron chi connectivity index (χ0n) is 9.38. The van der Waals surface area contributed by atoms with Crippen LogP contribution in [0.5, 0.6) is 11.5 Å². The molecule has 18 heavy (non-hydrogen) atoms. The van der Waals surface area contributed by atoms with E-state index < -0.39 is 17.9 Å². The zero-order valence-corrected chi connectivity index (χ0v) is 9.38. The third-order valence-corrected chi connectivity index (χ3v) is 3.20. The lowest BCUT2D eigenvalue weighted by molar-refractivity contribution is -0.142. The van der Waals surface area contributed by atoms with E-state index in [2.05, 4.69) is 5.32 Å². The first-order valence-electron chi connectivity index (χ1n) is 5.57. The molecule has 94 valence electrons. The highest BCUT2D eigenvalue weighted by Crippen LogP contribution is 2.37. The number of nitrogens with one attached hydrogen (secondary N) is 1. The Morgan fingerprint density at radius 2 is 2.11 bits per heavy atom. The van der Waals surface area contributed by atoms with E-state index in [4.69, 9.17) is 14.6 Å². The highest BCUT2D eigenvalue weighted by molar-refractivity contribution is 5.87. The molecule has 1 aromatic carbocycles. The van der Waals surface area contributed by atoms with Crippen LogP contribution in [0.1, 0.15) is 18.0 Å². The number of hydrogen-bond acceptors (Lipinski definition) is 4. The summed E-state index contributed by atoms with van der Waals surface area (Å²) in [6, 6.07) is 4.68. The van der Waals surface area contributed by atoms with Gasteiger partial charge in [0.25, 0.3) is 0 Å². The molecule has 0 bridgehead atoms. The van der Waals surface area contributed by atoms with Crippen molar-refractivity contribution in [2.45, 2.75) is 12.5 Å². The van der Waals surface area contributed by atoms with Gasteiger partial charge in [-0.3, -0.25) is 9.59 Å². The van der Waals surface area contributed by atoms with E-state index in [0.717, 1.165) is 5.56 Å². The number of rotatable bonds is 2. The first-order valence-corrected chi connectivity index (χ1v) is 5.57. The normalized spacial score (nSPS) is 25.0. The number of fused-ring (bicyclic) bond motifs is 1. The van der Waals surface area contributed by atoms with Gasteiger partial charge in [0, 0.05) is 6.42 Å². The first kappa shape index (κ1) is 10.9. The van der Waals surface area contributed by atoms with Crippen molar-refractivity contribution < 1.29 is 24.2 Å². The molecule has 0 unspecified atom stereocenters. The second-order valence-electron chi connectivity index (χ2n) is 4.31. The van der Waals surface area contributed by atoms with Crippen molar-refractivity contribution in [1.29, 1.82) is 0 Å². The monoisotopic (exact) mass is 249 g/mol. The molecule has 2 aliphatic rings. The third-order valence-electron chi connectivity index (χ3n) is 3.20. The molecule has 6 nitrogen and oxygen atoms in total. The Kier molecular flexibility index (Phi) is 2.36. The van der Waals surface area contributed by atoms with Crippen LogP contribution in [0.4, 0.5) is 0 Å². The number of hydrogen-bond donors (Lipinski definition) is 2. The Balaban J connectivity index is 1.94. The van der Waals surface area contributed by atoms with E-state index in [-0.39, 0.29) is 19.1 Å². The Labute approximate surface area is 103 Å². The standard InChI is InChI=1S/C12H11NO5/c14-10-4-7(12(15)16)11(13-10)6-1-2-8-9(3-6)18-5-17-8/h1-3,7,11H,4-5H2,(H,13,14)(H,15,16)/t7-,11-/m1/s1. The van der Waals surface area contributed by atoms with Crippen molar-refractivity contribution in [2.75, 3.05) is 6.79 Å². The lowest BCUT2D eigenvalue weighted by atomic mass is 9.94. The van der Waals surface area contributed by atoms with Gasteiger partial charge in [-0.25, -0.2) is 0 Å². The van der Waals surface area contributed by atoms with Gasteiger partial charge in [0.1, 0.15) is 0 Å². The van der Waals surface area contributed by atoms with E-state index in [9.17, 15) is 9.59 Å². The molecule has 1 fully saturated rings. The molecule has 0 radical (unpaired) electrons. The minimum Gasteiger partial charge on any atom is -0.481 e. The van der Waals surface area contributed by atoms with E-state index >= 15 is 0 Å². The van der Waals surface area contributed by atoms with Crippen molar-refractivity contribution in [3.63, 3.8) is 0 Å². The number of benzene rings is 1. The van der Waals surface area contributed by atoms with E-state index in [1.165, 1.54) is 0 Å². The van der Waals surface area contributed by atoms with Gasteiger partial charge in [0.15, 0.2) is 11.5 Å². The Morgan fingerprint density at radius 1 is 1.33 bits per heavy atom. The van der Waals surface area contributed by atoms with Gasteiger partial charge < -0.3 is 19.9 Å². The summed E-state index contributed by atoms with van der Waals surface area (Å²) in [5.74, 6) is -0.744. The molecule has 0 aliphatic carbocycles. The minimum atomic E-state index is -0.976. The summed E-state index contributed by atoms with van der Waals surface area (Å²) >= 11 is 0. The Bertz CT molecular complexity index is 527. The fourth-order valence-electron chi connectivity index (χ4n) is 2.30. The predicted molar refractivity (Wildman–Crippen MR) is 59.2 cm³/mol. The molecule has 0 aromatic heterocycles. The fourth-order valence-corrected chi connectivity index (χ4v) is 2.30. The maximum Gasteiger partial charge on any atom is 0.309 e. The Hall–Kier alpha value is -2.24. The van der Waals surface area contributed by atoms with Crippen molar-refractivity contribution >= 4 is 11.9 Å². The highest BCUT2D eigenvalue weighted by Gasteiger charge is 2.38. The molecule has 1 saturated heterocycles. The van der Waals surface area contributed by atoms with E-state index in [1.54, 1.807) is 18.2 Å². The smallest absolute Gasteiger partial charge is 0.309 e. The van der Waals surface area contributed by atoms with Crippen LogP contribution in [0, 0.1) is 5.92 Å². The van der Waals surface area contributed by atoms with Gasteiger partial charge in [-0.05, 0) is 17.7 Å². The van der Waals surface area contributed by atoms with Crippen molar-refractivity contribution in [2.24, 2.45) is 5.92 Å². The van der Waals surface area contributed by atoms with Crippen molar-refractivity contribution in [1.82, 2.24) is 5.32 Å². The van der Waals surface area contributed by atoms with E-state index in [0.29, 0.717) is 11.5 Å². The van der Waals surface area contributed by atoms with Crippen LogP contribution in [0.2, 0.25) is 0 Å². The summed E-state index contributed by atoms with van der Waals surface area (Å²) in [6.45, 7) is 0.165. The summed E-state index contributed by atoms with van der Waals surface area (Å²) in [5.41, 5.74) is 0.720. The number of carboxylic acids is 1. The maximum absolute atomic E-state index is 11.3. The lowest BCUT2D eigenvalue weighted by Gasteiger charge is -2.16. The third kappa shape index (κ3) is 1.66. The number of aliphatic carboxylic acids is 1. The molecule has 0 saturated carbocycles. The number of ether oxygens (including phenoxy) is 2. The van der Waals surface area contributed by atoms with Crippen LogP contribution < -0.4 is 14.8 Å². The van der Waals surface area contributed by atoms with Gasteiger partial charge in [-0.2, -0.15) is 0 Å². The molecular weight excluding hydrogens is 238 g/mol. The van der Waals surface area contributed by atoms with Crippen LogP contribution in [0.3, 0.4) is 0 Å². The molecular formula is C12H11NO5. The Morgan fingerprint density at radius 3 is 2.89 bits per heavy atom. The SMILES string of the molecule is O=C1C[C@@H](C(=O)O)[C@@H](c2ccc3c(c2)OCO3)N1. The van der Waals surface area contributed by atoms with Gasteiger partial charge in [-0.15, -0.1) is 0 Å². The van der Waals surface area contributed by atoms with Gasteiger partial charge in [0.05, 0.1) is 12.0 Å². The number of carbonyl (C=O) groups is 2. The van der Waals surface area contributed by atoms with Crippen LogP contribution >= 0.6 is 0 Å². The topological polar surface area (TPSA) is 84.9 Å². The molecule has 6 heteroatoms. The number of carboxylic acid groups (broad SMARTS) is 1. The molecule has 1 aromatic rings. The summed E-state index contributed by atoms with van der Waals surface area (Å²) in [4.78, 5) is 22.5. The summed E-state index contributed by atoms with van der Waals surface area (Å²) in [6.07, 6.45) is 0.00837. The average molecular weight is 249 g/mol. The molecule has 3 rings (SSSR count). The van der Waals surface area contributed by atoms with Gasteiger partial charge >= 0.3 is 5.97 Å². The quantitative estimate of drug-likeness (QED) is 0.805. The molecule has 2 aliphatic heterocycles. The molecule has 0 spiro atoms.